The van der Waals surface area contributed by atoms with Crippen LogP contribution in [0.15, 0.2) is 69.9 Å². The molecule has 4 N–H and O–H groups in total. The lowest BCUT2D eigenvalue weighted by atomic mass is 9.80. The number of hydrogen-bond acceptors (Lipinski definition) is 6. The lowest BCUT2D eigenvalue weighted by Crippen LogP contribution is -2.33. The molecule has 0 fully saturated rings. The molecule has 0 unspecified atom stereocenters. The number of hydrogen-bond donors (Lipinski definition) is 2. The SMILES string of the molecule is CC(C)(N)/C=C/C=O.CCN=C/C(=C(\N)C(F)(F)F)c1ccccc1[C@@H]1CN(C)CC(C)=C1/C=C(\C)C#N. The molecule has 0 aliphatic carbocycles. The molecule has 1 aromatic carbocycles. The van der Waals surface area contributed by atoms with Gasteiger partial charge in [-0.3, -0.25) is 9.79 Å². The topological polar surface area (TPSA) is 108 Å². The average molecular weight is 530 g/mol. The molecule has 38 heavy (non-hydrogen) atoms. The number of aliphatic imine (C=N–C) groups is 1. The minimum Gasteiger partial charge on any atom is -0.394 e. The van der Waals surface area contributed by atoms with E-state index in [0.29, 0.717) is 30.5 Å². The van der Waals surface area contributed by atoms with Crippen molar-refractivity contribution in [1.82, 2.24) is 4.90 Å². The third-order valence-electron chi connectivity index (χ3n) is 5.65. The number of alkyl halides is 3. The van der Waals surface area contributed by atoms with Crippen LogP contribution in [0.2, 0.25) is 0 Å². The second kappa shape index (κ2) is 14.5. The van der Waals surface area contributed by atoms with Crippen LogP contribution in [0.3, 0.4) is 0 Å². The van der Waals surface area contributed by atoms with E-state index in [1.54, 1.807) is 38.1 Å². The van der Waals surface area contributed by atoms with Gasteiger partial charge in [-0.05, 0) is 70.5 Å². The van der Waals surface area contributed by atoms with Gasteiger partial charge in [-0.2, -0.15) is 18.4 Å². The quantitative estimate of drug-likeness (QED) is 0.216. The fourth-order valence-electron chi connectivity index (χ4n) is 3.98. The molecule has 1 aliphatic rings. The van der Waals surface area contributed by atoms with E-state index in [2.05, 4.69) is 16.0 Å². The molecule has 9 heteroatoms. The normalized spacial score (nSPS) is 18.2. The van der Waals surface area contributed by atoms with Crippen LogP contribution >= 0.6 is 0 Å². The van der Waals surface area contributed by atoms with Crippen molar-refractivity contribution in [2.24, 2.45) is 16.5 Å². The number of nitrogens with two attached hydrogens (primary N) is 2. The molecule has 0 saturated heterocycles. The lowest BCUT2D eigenvalue weighted by molar-refractivity contribution is -0.104. The Morgan fingerprint density at radius 2 is 1.92 bits per heavy atom. The van der Waals surface area contributed by atoms with Crippen LogP contribution in [0.4, 0.5) is 13.2 Å². The second-order valence-electron chi connectivity index (χ2n) is 9.78. The Hall–Kier alpha value is -3.48. The van der Waals surface area contributed by atoms with Crippen molar-refractivity contribution < 1.29 is 18.0 Å². The number of nitriles is 1. The van der Waals surface area contributed by atoms with Gasteiger partial charge in [0.2, 0.25) is 0 Å². The van der Waals surface area contributed by atoms with Crippen molar-refractivity contribution in [3.05, 3.63) is 76.0 Å². The van der Waals surface area contributed by atoms with Crippen LogP contribution in [0.1, 0.15) is 51.7 Å². The van der Waals surface area contributed by atoms with Crippen LogP contribution in [0, 0.1) is 11.3 Å². The molecule has 206 valence electrons. The summed E-state index contributed by atoms with van der Waals surface area (Å²) in [6.45, 7) is 10.8. The summed E-state index contributed by atoms with van der Waals surface area (Å²) >= 11 is 0. The molecule has 0 saturated carbocycles. The predicted octanol–water partition coefficient (Wildman–Crippen LogP) is 5.30. The Balaban J connectivity index is 0.000000781. The zero-order chi connectivity index (χ0) is 29.1. The number of halogens is 3. The summed E-state index contributed by atoms with van der Waals surface area (Å²) in [5, 5.41) is 9.25. The standard InChI is InChI=1S/C23H27F3N4.C6H11NO/c1-5-29-12-20(22(28)23(24,25)26)17-8-6-7-9-18(17)21-14-30(4)13-16(3)19(21)10-15(2)11-27;1-6(2,7)4-3-5-8/h6-10,12,21H,5,13-14,28H2,1-4H3;3-5H,7H2,1-2H3/b15-10+,22-20+,29-12?;4-3+/t21-;/m0./s1. The maximum Gasteiger partial charge on any atom is 0.431 e. The first-order chi connectivity index (χ1) is 17.7. The van der Waals surface area contributed by atoms with E-state index in [0.717, 1.165) is 23.3 Å². The largest absolute Gasteiger partial charge is 0.431 e. The van der Waals surface area contributed by atoms with Crippen LogP contribution in [0.25, 0.3) is 5.57 Å². The van der Waals surface area contributed by atoms with E-state index in [1.807, 2.05) is 40.0 Å². The summed E-state index contributed by atoms with van der Waals surface area (Å²) in [5.41, 5.74) is 13.1. The summed E-state index contributed by atoms with van der Waals surface area (Å²) in [7, 11) is 1.97. The number of likely N-dealkylation sites (N-methyl/N-ethyl adjacent to an activating group) is 1. The first-order valence-corrected chi connectivity index (χ1v) is 12.2. The lowest BCUT2D eigenvalue weighted by Gasteiger charge is -2.34. The van der Waals surface area contributed by atoms with Crippen LogP contribution in [-0.2, 0) is 4.79 Å². The molecule has 0 aromatic heterocycles. The average Bonchev–Trinajstić information content (AvgIpc) is 2.83. The van der Waals surface area contributed by atoms with Crippen molar-refractivity contribution in [3.63, 3.8) is 0 Å². The molecule has 1 aromatic rings. The third-order valence-corrected chi connectivity index (χ3v) is 5.65. The minimum absolute atomic E-state index is 0.133. The Labute approximate surface area is 223 Å². The van der Waals surface area contributed by atoms with Crippen LogP contribution < -0.4 is 11.5 Å². The molecule has 1 aliphatic heterocycles. The maximum atomic E-state index is 13.5. The molecule has 1 atom stereocenters. The highest BCUT2D eigenvalue weighted by Gasteiger charge is 2.35. The predicted molar refractivity (Wildman–Crippen MR) is 148 cm³/mol. The number of aldehydes is 1. The Morgan fingerprint density at radius 3 is 2.42 bits per heavy atom. The van der Waals surface area contributed by atoms with E-state index in [1.165, 1.54) is 12.3 Å². The van der Waals surface area contributed by atoms with Gasteiger partial charge in [-0.25, -0.2) is 0 Å². The zero-order valence-electron chi connectivity index (χ0n) is 22.9. The van der Waals surface area contributed by atoms with E-state index in [4.69, 9.17) is 11.5 Å². The smallest absolute Gasteiger partial charge is 0.394 e. The highest BCUT2D eigenvalue weighted by molar-refractivity contribution is 6.11. The van der Waals surface area contributed by atoms with Gasteiger partial charge in [0.25, 0.3) is 0 Å². The highest BCUT2D eigenvalue weighted by atomic mass is 19.4. The number of carbonyl (C=O) groups excluding carboxylic acids is 1. The van der Waals surface area contributed by atoms with Gasteiger partial charge in [0.05, 0.1) is 6.07 Å². The summed E-state index contributed by atoms with van der Waals surface area (Å²) in [6, 6.07) is 9.11. The number of rotatable bonds is 7. The molecule has 0 spiro atoms. The zero-order valence-corrected chi connectivity index (χ0v) is 22.9. The van der Waals surface area contributed by atoms with Crippen molar-refractivity contribution in [3.8, 4) is 6.07 Å². The van der Waals surface area contributed by atoms with Gasteiger partial charge in [0, 0.05) is 48.5 Å². The molecule has 1 heterocycles. The number of carbonyl (C=O) groups is 1. The monoisotopic (exact) mass is 529 g/mol. The maximum absolute atomic E-state index is 13.5. The fourth-order valence-corrected chi connectivity index (χ4v) is 3.98. The summed E-state index contributed by atoms with van der Waals surface area (Å²) < 4.78 is 40.5. The number of allylic oxidation sites excluding steroid dienone is 5. The van der Waals surface area contributed by atoms with E-state index in [9.17, 15) is 23.2 Å². The van der Waals surface area contributed by atoms with E-state index < -0.39 is 11.9 Å². The molecule has 0 radical (unpaired) electrons. The number of benzene rings is 1. The molecular weight excluding hydrogens is 491 g/mol. The van der Waals surface area contributed by atoms with Crippen molar-refractivity contribution in [2.45, 2.75) is 52.3 Å². The summed E-state index contributed by atoms with van der Waals surface area (Å²) in [6.07, 6.45) is 2.15. The van der Waals surface area contributed by atoms with Gasteiger partial charge in [-0.15, -0.1) is 0 Å². The Kier molecular flexibility index (Phi) is 12.4. The fraction of sp³-hybridized carbons (Fsp3) is 0.414. The van der Waals surface area contributed by atoms with Crippen molar-refractivity contribution in [2.75, 3.05) is 26.7 Å². The summed E-state index contributed by atoms with van der Waals surface area (Å²) in [4.78, 5) is 15.9. The molecule has 6 nitrogen and oxygen atoms in total. The third kappa shape index (κ3) is 10.1. The first-order valence-electron chi connectivity index (χ1n) is 12.2. The molecular formula is C29H38F3N5O. The first kappa shape index (κ1) is 32.5. The van der Waals surface area contributed by atoms with Gasteiger partial charge in [0.1, 0.15) is 12.0 Å². The van der Waals surface area contributed by atoms with Gasteiger partial charge < -0.3 is 16.4 Å². The van der Waals surface area contributed by atoms with E-state index in [-0.39, 0.29) is 17.0 Å². The van der Waals surface area contributed by atoms with Gasteiger partial charge in [0.15, 0.2) is 0 Å². The highest BCUT2D eigenvalue weighted by Crippen LogP contribution is 2.38. The van der Waals surface area contributed by atoms with Crippen LogP contribution in [0.5, 0.6) is 0 Å². The Bertz CT molecular complexity index is 1160. The van der Waals surface area contributed by atoms with Crippen LogP contribution in [-0.4, -0.2) is 55.8 Å². The van der Waals surface area contributed by atoms with E-state index >= 15 is 0 Å². The minimum atomic E-state index is -4.67. The molecule has 2 rings (SSSR count). The van der Waals surface area contributed by atoms with Crippen molar-refractivity contribution in [1.29, 1.82) is 5.26 Å². The van der Waals surface area contributed by atoms with Gasteiger partial charge >= 0.3 is 6.18 Å². The summed E-state index contributed by atoms with van der Waals surface area (Å²) in [5.74, 6) is -0.200. The molecule has 0 amide bonds. The van der Waals surface area contributed by atoms with Gasteiger partial charge in [-0.1, -0.05) is 35.9 Å². The number of nitrogens with zero attached hydrogens (tertiary/aromatic N) is 3. The second-order valence-corrected chi connectivity index (χ2v) is 9.78. The Morgan fingerprint density at radius 1 is 1.29 bits per heavy atom. The molecule has 0 bridgehead atoms. The van der Waals surface area contributed by atoms with Crippen molar-refractivity contribution >= 4 is 18.1 Å².